The fourth-order valence-electron chi connectivity index (χ4n) is 2.01. The molecule has 0 radical (unpaired) electrons. The lowest BCUT2D eigenvalue weighted by Crippen LogP contribution is -2.07. The Labute approximate surface area is 120 Å². The third-order valence-electron chi connectivity index (χ3n) is 3.05. The van der Waals surface area contributed by atoms with Gasteiger partial charge in [0, 0.05) is 17.2 Å². The number of methoxy groups -OCH3 is 1. The maximum Gasteiger partial charge on any atom is 0.233 e. The Morgan fingerprint density at radius 3 is 2.80 bits per heavy atom. The van der Waals surface area contributed by atoms with Gasteiger partial charge in [-0.1, -0.05) is 18.2 Å². The molecule has 5 heteroatoms. The topological polar surface area (TPSA) is 52.1 Å². The minimum absolute atomic E-state index is 0.0382. The van der Waals surface area contributed by atoms with Crippen LogP contribution in [0.15, 0.2) is 41.8 Å². The van der Waals surface area contributed by atoms with Crippen LogP contribution in [0.4, 0.5) is 0 Å². The number of nitrogens with zero attached hydrogens (tertiary/aromatic N) is 2. The zero-order valence-corrected chi connectivity index (χ0v) is 11.7. The molecule has 0 atom stereocenters. The molecule has 0 aliphatic rings. The van der Waals surface area contributed by atoms with Crippen molar-refractivity contribution in [3.8, 4) is 5.88 Å². The predicted octanol–water partition coefficient (Wildman–Crippen LogP) is 3.13. The Morgan fingerprint density at radius 1 is 1.20 bits per heavy atom. The van der Waals surface area contributed by atoms with Gasteiger partial charge in [-0.15, -0.1) is 21.5 Å². The molecular formula is C15H12N2O2S. The zero-order chi connectivity index (χ0) is 13.9. The molecule has 0 spiro atoms. The van der Waals surface area contributed by atoms with Crippen molar-refractivity contribution >= 4 is 27.2 Å². The van der Waals surface area contributed by atoms with E-state index in [0.29, 0.717) is 18.0 Å². The van der Waals surface area contributed by atoms with Crippen molar-refractivity contribution in [3.05, 3.63) is 53.0 Å². The van der Waals surface area contributed by atoms with Gasteiger partial charge < -0.3 is 4.74 Å². The Kier molecular flexibility index (Phi) is 3.43. The summed E-state index contributed by atoms with van der Waals surface area (Å²) >= 11 is 1.65. The maximum atomic E-state index is 12.2. The van der Waals surface area contributed by atoms with E-state index in [2.05, 4.69) is 16.3 Å². The lowest BCUT2D eigenvalue weighted by molar-refractivity contribution is 0.0987. The average molecular weight is 284 g/mol. The quantitative estimate of drug-likeness (QED) is 0.691. The second-order valence-corrected chi connectivity index (χ2v) is 5.23. The highest BCUT2D eigenvalue weighted by Gasteiger charge is 2.12. The van der Waals surface area contributed by atoms with Gasteiger partial charge in [0.2, 0.25) is 5.88 Å². The first-order valence-electron chi connectivity index (χ1n) is 6.14. The number of rotatable bonds is 4. The molecule has 2 aromatic heterocycles. The van der Waals surface area contributed by atoms with Gasteiger partial charge in [0.05, 0.1) is 7.11 Å². The highest BCUT2D eigenvalue weighted by molar-refractivity contribution is 7.17. The Balaban J connectivity index is 1.84. The number of carbonyl (C=O) groups excluding carboxylic acids is 1. The summed E-state index contributed by atoms with van der Waals surface area (Å²) in [6, 6.07) is 11.4. The number of ether oxygens (including phenoxy) is 1. The third-order valence-corrected chi connectivity index (χ3v) is 4.06. The molecule has 0 bridgehead atoms. The van der Waals surface area contributed by atoms with Crippen molar-refractivity contribution < 1.29 is 9.53 Å². The third kappa shape index (κ3) is 2.40. The van der Waals surface area contributed by atoms with Gasteiger partial charge >= 0.3 is 0 Å². The minimum atomic E-state index is -0.0382. The summed E-state index contributed by atoms with van der Waals surface area (Å²) in [5.74, 6) is 0.367. The first-order valence-corrected chi connectivity index (χ1v) is 7.02. The van der Waals surface area contributed by atoms with Crippen LogP contribution in [-0.4, -0.2) is 23.1 Å². The molecule has 0 N–H and O–H groups in total. The van der Waals surface area contributed by atoms with Gasteiger partial charge in [0.1, 0.15) is 5.69 Å². The van der Waals surface area contributed by atoms with Crippen LogP contribution in [0.25, 0.3) is 10.1 Å². The highest BCUT2D eigenvalue weighted by atomic mass is 32.1. The molecule has 0 saturated carbocycles. The van der Waals surface area contributed by atoms with Crippen molar-refractivity contribution in [1.29, 1.82) is 0 Å². The lowest BCUT2D eigenvalue weighted by atomic mass is 10.1. The van der Waals surface area contributed by atoms with Crippen LogP contribution in [0.2, 0.25) is 0 Å². The highest BCUT2D eigenvalue weighted by Crippen LogP contribution is 2.26. The number of carbonyl (C=O) groups is 1. The van der Waals surface area contributed by atoms with E-state index in [-0.39, 0.29) is 5.78 Å². The monoisotopic (exact) mass is 284 g/mol. The van der Waals surface area contributed by atoms with Crippen LogP contribution < -0.4 is 4.74 Å². The van der Waals surface area contributed by atoms with Gasteiger partial charge in [-0.25, -0.2) is 0 Å². The number of hydrogen-bond donors (Lipinski definition) is 0. The molecule has 3 rings (SSSR count). The van der Waals surface area contributed by atoms with E-state index in [1.165, 1.54) is 11.8 Å². The number of thiophene rings is 1. The van der Waals surface area contributed by atoms with E-state index in [1.54, 1.807) is 23.5 Å². The zero-order valence-electron chi connectivity index (χ0n) is 10.9. The molecule has 1 aromatic carbocycles. The van der Waals surface area contributed by atoms with Crippen LogP contribution in [0.1, 0.15) is 16.1 Å². The molecule has 0 unspecified atom stereocenters. The molecule has 100 valence electrons. The first-order chi connectivity index (χ1) is 9.78. The van der Waals surface area contributed by atoms with Crippen molar-refractivity contribution in [2.24, 2.45) is 0 Å². The normalized spacial score (nSPS) is 10.7. The molecule has 20 heavy (non-hydrogen) atoms. The van der Waals surface area contributed by atoms with Crippen molar-refractivity contribution in [1.82, 2.24) is 10.2 Å². The van der Waals surface area contributed by atoms with Gasteiger partial charge in [-0.3, -0.25) is 4.79 Å². The molecule has 0 saturated heterocycles. The molecule has 0 fully saturated rings. The van der Waals surface area contributed by atoms with Gasteiger partial charge in [0.25, 0.3) is 0 Å². The van der Waals surface area contributed by atoms with Crippen molar-refractivity contribution in [2.75, 3.05) is 7.11 Å². The number of aromatic nitrogens is 2. The summed E-state index contributed by atoms with van der Waals surface area (Å²) < 4.78 is 6.12. The largest absolute Gasteiger partial charge is 0.480 e. The number of ketones is 1. The Bertz CT molecular complexity index is 750. The fraction of sp³-hybridized carbons (Fsp3) is 0.133. The molecule has 0 aliphatic carbocycles. The summed E-state index contributed by atoms with van der Waals surface area (Å²) in [7, 11) is 1.52. The summed E-state index contributed by atoms with van der Waals surface area (Å²) in [5, 5.41) is 10.9. The molecule has 4 nitrogen and oxygen atoms in total. The second kappa shape index (κ2) is 5.38. The number of hydrogen-bond acceptors (Lipinski definition) is 5. The maximum absolute atomic E-state index is 12.2. The van der Waals surface area contributed by atoms with E-state index in [1.807, 2.05) is 23.6 Å². The van der Waals surface area contributed by atoms with E-state index < -0.39 is 0 Å². The van der Waals surface area contributed by atoms with E-state index in [4.69, 9.17) is 4.74 Å². The van der Waals surface area contributed by atoms with Crippen LogP contribution in [-0.2, 0) is 6.42 Å². The lowest BCUT2D eigenvalue weighted by Gasteiger charge is -2.01. The number of Topliss-reactive ketones (excluding diaryl/α,β-unsaturated/α-hetero) is 1. The van der Waals surface area contributed by atoms with Gasteiger partial charge in [-0.05, 0) is 28.5 Å². The molecule has 3 aromatic rings. The van der Waals surface area contributed by atoms with E-state index in [0.717, 1.165) is 10.9 Å². The molecule has 0 amide bonds. The van der Waals surface area contributed by atoms with Crippen molar-refractivity contribution in [3.63, 3.8) is 0 Å². The van der Waals surface area contributed by atoms with Crippen molar-refractivity contribution in [2.45, 2.75) is 6.42 Å². The summed E-state index contributed by atoms with van der Waals surface area (Å²) in [6.07, 6.45) is 0.338. The van der Waals surface area contributed by atoms with Crippen LogP contribution >= 0.6 is 11.3 Å². The van der Waals surface area contributed by atoms with Crippen LogP contribution in [0.5, 0.6) is 5.88 Å². The molecular weight excluding hydrogens is 272 g/mol. The summed E-state index contributed by atoms with van der Waals surface area (Å²) in [4.78, 5) is 12.2. The number of fused-ring (bicyclic) bond motifs is 1. The molecule has 0 aliphatic heterocycles. The first kappa shape index (κ1) is 12.7. The van der Waals surface area contributed by atoms with E-state index in [9.17, 15) is 4.79 Å². The Hall–Kier alpha value is -2.27. The van der Waals surface area contributed by atoms with Gasteiger partial charge in [-0.2, -0.15) is 0 Å². The SMILES string of the molecule is COc1ccc(C(=O)Cc2csc3ccccc23)nn1. The fourth-order valence-corrected chi connectivity index (χ4v) is 2.97. The summed E-state index contributed by atoms with van der Waals surface area (Å²) in [6.45, 7) is 0. The standard InChI is InChI=1S/C15H12N2O2S/c1-19-15-7-6-12(16-17-15)13(18)8-10-9-20-14-5-3-2-4-11(10)14/h2-7,9H,8H2,1H3. The molecule has 2 heterocycles. The minimum Gasteiger partial charge on any atom is -0.480 e. The van der Waals surface area contributed by atoms with E-state index >= 15 is 0 Å². The second-order valence-electron chi connectivity index (χ2n) is 4.32. The number of benzene rings is 1. The predicted molar refractivity (Wildman–Crippen MR) is 78.4 cm³/mol. The average Bonchev–Trinajstić information content (AvgIpc) is 2.91. The Morgan fingerprint density at radius 2 is 2.05 bits per heavy atom. The van der Waals surface area contributed by atoms with Crippen LogP contribution in [0.3, 0.4) is 0 Å². The smallest absolute Gasteiger partial charge is 0.233 e. The summed E-state index contributed by atoms with van der Waals surface area (Å²) in [5.41, 5.74) is 1.40. The van der Waals surface area contributed by atoms with Crippen LogP contribution in [0, 0.1) is 0 Å². The van der Waals surface area contributed by atoms with Gasteiger partial charge in [0.15, 0.2) is 5.78 Å².